The quantitative estimate of drug-likeness (QED) is 0.584. The van der Waals surface area contributed by atoms with E-state index >= 15 is 0 Å². The Bertz CT molecular complexity index is 1020. The van der Waals surface area contributed by atoms with Crippen molar-refractivity contribution < 1.29 is 9.53 Å². The first kappa shape index (κ1) is 18.7. The lowest BCUT2D eigenvalue weighted by molar-refractivity contribution is 0.0766. The van der Waals surface area contributed by atoms with Gasteiger partial charge in [-0.15, -0.1) is 0 Å². The summed E-state index contributed by atoms with van der Waals surface area (Å²) >= 11 is 0. The predicted molar refractivity (Wildman–Crippen MR) is 119 cm³/mol. The summed E-state index contributed by atoms with van der Waals surface area (Å²) in [6.07, 6.45) is 2.51. The number of hydrogen-bond acceptors (Lipinski definition) is 3. The van der Waals surface area contributed by atoms with E-state index in [1.165, 1.54) is 18.5 Å². The third-order valence-corrected chi connectivity index (χ3v) is 5.98. The van der Waals surface area contributed by atoms with Gasteiger partial charge in [0.25, 0.3) is 5.91 Å². The summed E-state index contributed by atoms with van der Waals surface area (Å²) < 4.78 is 5.87. The van der Waals surface area contributed by atoms with Crippen molar-refractivity contribution in [3.05, 3.63) is 95.1 Å². The van der Waals surface area contributed by atoms with Gasteiger partial charge in [0.2, 0.25) is 0 Å². The van der Waals surface area contributed by atoms with E-state index < -0.39 is 0 Å². The second-order valence-electron chi connectivity index (χ2n) is 8.12. The number of rotatable bonds is 6. The Balaban J connectivity index is 1.21. The molecule has 0 aromatic heterocycles. The minimum atomic E-state index is 0.127. The molecule has 1 saturated heterocycles. The van der Waals surface area contributed by atoms with Gasteiger partial charge < -0.3 is 14.5 Å². The highest BCUT2D eigenvalue weighted by Gasteiger charge is 2.28. The molecule has 2 heterocycles. The summed E-state index contributed by atoms with van der Waals surface area (Å²) in [5.41, 5.74) is 5.51. The van der Waals surface area contributed by atoms with Crippen molar-refractivity contribution in [2.24, 2.45) is 0 Å². The van der Waals surface area contributed by atoms with E-state index in [4.69, 9.17) is 4.74 Å². The molecule has 2 aliphatic heterocycles. The van der Waals surface area contributed by atoms with Crippen LogP contribution in [0.25, 0.3) is 0 Å². The fourth-order valence-corrected chi connectivity index (χ4v) is 4.32. The zero-order chi connectivity index (χ0) is 20.3. The minimum Gasteiger partial charge on any atom is -0.489 e. The number of amides is 1. The van der Waals surface area contributed by atoms with Gasteiger partial charge in [0, 0.05) is 37.4 Å². The number of anilines is 1. The summed E-state index contributed by atoms with van der Waals surface area (Å²) in [5.74, 6) is 0.969. The molecule has 0 saturated carbocycles. The maximum atomic E-state index is 12.8. The molecule has 3 aromatic carbocycles. The second-order valence-corrected chi connectivity index (χ2v) is 8.12. The highest BCUT2D eigenvalue weighted by Crippen LogP contribution is 2.30. The van der Waals surface area contributed by atoms with Crippen LogP contribution in [0.15, 0.2) is 72.8 Å². The number of benzene rings is 3. The SMILES string of the molecule is O=C1c2ccc(N3CCCC3)cc2CN1Cc1ccc(OCc2ccccc2)cc1. The molecule has 3 aromatic rings. The first-order chi connectivity index (χ1) is 14.8. The van der Waals surface area contributed by atoms with E-state index in [0.29, 0.717) is 19.7 Å². The topological polar surface area (TPSA) is 32.8 Å². The van der Waals surface area contributed by atoms with Crippen LogP contribution >= 0.6 is 0 Å². The normalized spacial score (nSPS) is 15.5. The number of ether oxygens (including phenoxy) is 1. The van der Waals surface area contributed by atoms with Gasteiger partial charge in [-0.05, 0) is 59.9 Å². The summed E-state index contributed by atoms with van der Waals surface area (Å²) in [5, 5.41) is 0. The molecule has 0 spiro atoms. The predicted octanol–water partition coefficient (Wildman–Crippen LogP) is 5.02. The molecule has 1 amide bonds. The van der Waals surface area contributed by atoms with Crippen LogP contribution in [0.5, 0.6) is 5.75 Å². The van der Waals surface area contributed by atoms with Gasteiger partial charge in [0.15, 0.2) is 0 Å². The van der Waals surface area contributed by atoms with Crippen molar-refractivity contribution >= 4 is 11.6 Å². The van der Waals surface area contributed by atoms with Crippen LogP contribution in [0, 0.1) is 0 Å². The first-order valence-electron chi connectivity index (χ1n) is 10.7. The van der Waals surface area contributed by atoms with Crippen LogP contribution in [0.3, 0.4) is 0 Å². The van der Waals surface area contributed by atoms with Crippen LogP contribution in [0.4, 0.5) is 5.69 Å². The fraction of sp³-hybridized carbons (Fsp3) is 0.269. The molecule has 4 nitrogen and oxygen atoms in total. The van der Waals surface area contributed by atoms with E-state index in [1.807, 2.05) is 53.4 Å². The second kappa shape index (κ2) is 8.23. The number of hydrogen-bond donors (Lipinski definition) is 0. The highest BCUT2D eigenvalue weighted by atomic mass is 16.5. The lowest BCUT2D eigenvalue weighted by Crippen LogP contribution is -2.23. The van der Waals surface area contributed by atoms with Gasteiger partial charge in [0.05, 0.1) is 0 Å². The largest absolute Gasteiger partial charge is 0.489 e. The Morgan fingerprint density at radius 1 is 0.833 bits per heavy atom. The Morgan fingerprint density at radius 3 is 2.37 bits per heavy atom. The average molecular weight is 399 g/mol. The molecular weight excluding hydrogens is 372 g/mol. The fourth-order valence-electron chi connectivity index (χ4n) is 4.32. The average Bonchev–Trinajstić information content (AvgIpc) is 3.43. The van der Waals surface area contributed by atoms with E-state index in [1.54, 1.807) is 0 Å². The molecule has 0 aliphatic carbocycles. The smallest absolute Gasteiger partial charge is 0.254 e. The Labute approximate surface area is 177 Å². The van der Waals surface area contributed by atoms with Crippen molar-refractivity contribution in [2.75, 3.05) is 18.0 Å². The molecule has 30 heavy (non-hydrogen) atoms. The third kappa shape index (κ3) is 3.90. The van der Waals surface area contributed by atoms with E-state index in [0.717, 1.165) is 41.1 Å². The zero-order valence-electron chi connectivity index (χ0n) is 17.1. The van der Waals surface area contributed by atoms with E-state index in [9.17, 15) is 4.79 Å². The van der Waals surface area contributed by atoms with Crippen LogP contribution < -0.4 is 9.64 Å². The summed E-state index contributed by atoms with van der Waals surface area (Å²) in [4.78, 5) is 17.2. The highest BCUT2D eigenvalue weighted by molar-refractivity contribution is 5.98. The maximum Gasteiger partial charge on any atom is 0.254 e. The third-order valence-electron chi connectivity index (χ3n) is 5.98. The van der Waals surface area contributed by atoms with Crippen molar-refractivity contribution in [3.8, 4) is 5.75 Å². The first-order valence-corrected chi connectivity index (χ1v) is 10.7. The Kier molecular flexibility index (Phi) is 5.14. The molecular formula is C26H26N2O2. The standard InChI is InChI=1S/C26H26N2O2/c29-26-25-13-10-23(27-14-4-5-15-27)16-22(25)18-28(26)17-20-8-11-24(12-9-20)30-19-21-6-2-1-3-7-21/h1-3,6-13,16H,4-5,14-15,17-19H2. The molecule has 0 N–H and O–H groups in total. The number of carbonyl (C=O) groups excluding carboxylic acids is 1. The summed E-state index contributed by atoms with van der Waals surface area (Å²) in [6, 6.07) is 24.5. The van der Waals surface area contributed by atoms with E-state index in [2.05, 4.69) is 29.2 Å². The molecule has 1 fully saturated rings. The summed E-state index contributed by atoms with van der Waals surface area (Å²) in [6.45, 7) is 4.09. The van der Waals surface area contributed by atoms with Gasteiger partial charge in [-0.3, -0.25) is 4.79 Å². The van der Waals surface area contributed by atoms with Crippen LogP contribution in [-0.2, 0) is 19.7 Å². The van der Waals surface area contributed by atoms with Gasteiger partial charge in [-0.1, -0.05) is 42.5 Å². The monoisotopic (exact) mass is 398 g/mol. The van der Waals surface area contributed by atoms with Crippen LogP contribution in [-0.4, -0.2) is 23.9 Å². The molecule has 5 rings (SSSR count). The Morgan fingerprint density at radius 2 is 1.60 bits per heavy atom. The molecule has 0 atom stereocenters. The zero-order valence-corrected chi connectivity index (χ0v) is 17.1. The van der Waals surface area contributed by atoms with Crippen molar-refractivity contribution in [3.63, 3.8) is 0 Å². The molecule has 0 bridgehead atoms. The molecule has 152 valence electrons. The van der Waals surface area contributed by atoms with Crippen LogP contribution in [0.2, 0.25) is 0 Å². The number of fused-ring (bicyclic) bond motifs is 1. The molecule has 2 aliphatic rings. The number of carbonyl (C=O) groups is 1. The van der Waals surface area contributed by atoms with Gasteiger partial charge >= 0.3 is 0 Å². The minimum absolute atomic E-state index is 0.127. The molecule has 0 radical (unpaired) electrons. The lowest BCUT2D eigenvalue weighted by atomic mass is 10.1. The van der Waals surface area contributed by atoms with E-state index in [-0.39, 0.29) is 5.91 Å². The van der Waals surface area contributed by atoms with Gasteiger partial charge in [-0.2, -0.15) is 0 Å². The van der Waals surface area contributed by atoms with Gasteiger partial charge in [0.1, 0.15) is 12.4 Å². The van der Waals surface area contributed by atoms with Gasteiger partial charge in [-0.25, -0.2) is 0 Å². The molecule has 0 unspecified atom stereocenters. The van der Waals surface area contributed by atoms with Crippen molar-refractivity contribution in [2.45, 2.75) is 32.5 Å². The van der Waals surface area contributed by atoms with Crippen molar-refractivity contribution in [1.82, 2.24) is 4.90 Å². The van der Waals surface area contributed by atoms with Crippen molar-refractivity contribution in [1.29, 1.82) is 0 Å². The Hall–Kier alpha value is -3.27. The lowest BCUT2D eigenvalue weighted by Gasteiger charge is -2.18. The summed E-state index contributed by atoms with van der Waals surface area (Å²) in [7, 11) is 0. The molecule has 4 heteroatoms. The maximum absolute atomic E-state index is 12.8. The van der Waals surface area contributed by atoms with Crippen LogP contribution in [0.1, 0.15) is 39.9 Å². The number of nitrogens with zero attached hydrogens (tertiary/aromatic N) is 2.